The molecule has 1 aromatic rings. The lowest BCUT2D eigenvalue weighted by molar-refractivity contribution is -0.136. The van der Waals surface area contributed by atoms with Gasteiger partial charge in [-0.2, -0.15) is 0 Å². The number of amides is 5. The molecule has 1 aromatic carbocycles. The Morgan fingerprint density at radius 3 is 2.58 bits per heavy atom. The van der Waals surface area contributed by atoms with E-state index in [0.29, 0.717) is 26.4 Å². The van der Waals surface area contributed by atoms with Crippen molar-refractivity contribution in [3.05, 3.63) is 29.3 Å². The lowest BCUT2D eigenvalue weighted by Crippen LogP contribution is -2.54. The van der Waals surface area contributed by atoms with Gasteiger partial charge in [0, 0.05) is 19.6 Å². The van der Waals surface area contributed by atoms with Gasteiger partial charge in [0.15, 0.2) is 6.61 Å². The number of ether oxygens (including phenoxy) is 3. The van der Waals surface area contributed by atoms with E-state index in [1.807, 2.05) is 6.92 Å². The number of rotatable bonds is 12. The smallest absolute Gasteiger partial charge is 0.266 e. The van der Waals surface area contributed by atoms with Crippen LogP contribution in [0.4, 0.5) is 0 Å². The molecule has 33 heavy (non-hydrogen) atoms. The Bertz CT molecular complexity index is 932. The van der Waals surface area contributed by atoms with E-state index < -0.39 is 35.6 Å². The van der Waals surface area contributed by atoms with Crippen molar-refractivity contribution in [1.82, 2.24) is 15.5 Å². The lowest BCUT2D eigenvalue weighted by Gasteiger charge is -2.27. The van der Waals surface area contributed by atoms with Gasteiger partial charge in [-0.15, -0.1) is 0 Å². The largest absolute Gasteiger partial charge is 0.483 e. The average molecular weight is 461 g/mol. The van der Waals surface area contributed by atoms with Crippen LogP contribution < -0.4 is 15.4 Å². The zero-order valence-electron chi connectivity index (χ0n) is 18.4. The highest BCUT2D eigenvalue weighted by atomic mass is 16.5. The fraction of sp³-hybridized carbons (Fsp3) is 0.500. The summed E-state index contributed by atoms with van der Waals surface area (Å²) in [5, 5.41) is 4.78. The van der Waals surface area contributed by atoms with Crippen molar-refractivity contribution in [2.45, 2.75) is 32.2 Å². The van der Waals surface area contributed by atoms with Gasteiger partial charge in [0.05, 0.1) is 30.9 Å². The molecule has 1 atom stereocenters. The van der Waals surface area contributed by atoms with E-state index in [2.05, 4.69) is 10.6 Å². The molecule has 1 saturated heterocycles. The standard InChI is InChI=1S/C22H27N3O8/c1-2-9-31-11-12-32-10-8-23-18(27)13-33-16-5-3-4-14-19(16)22(30)25(21(14)29)15-6-7-17(26)24-20(15)28/h3-5,15H,2,6-13H2,1H3,(H,23,27)(H,24,26,28). The Labute approximate surface area is 190 Å². The maximum absolute atomic E-state index is 13.0. The third kappa shape index (κ3) is 5.93. The third-order valence-electron chi connectivity index (χ3n) is 5.08. The first-order valence-electron chi connectivity index (χ1n) is 10.8. The van der Waals surface area contributed by atoms with Crippen LogP contribution in [0.3, 0.4) is 0 Å². The molecule has 0 saturated carbocycles. The average Bonchev–Trinajstić information content (AvgIpc) is 3.05. The molecule has 1 fully saturated rings. The van der Waals surface area contributed by atoms with Gasteiger partial charge in [0.1, 0.15) is 11.8 Å². The summed E-state index contributed by atoms with van der Waals surface area (Å²) in [4.78, 5) is 62.2. The second-order valence-corrected chi connectivity index (χ2v) is 7.49. The van der Waals surface area contributed by atoms with E-state index in [1.165, 1.54) is 18.2 Å². The van der Waals surface area contributed by atoms with Gasteiger partial charge in [-0.05, 0) is 25.0 Å². The minimum Gasteiger partial charge on any atom is -0.483 e. The van der Waals surface area contributed by atoms with E-state index in [9.17, 15) is 24.0 Å². The van der Waals surface area contributed by atoms with E-state index in [1.54, 1.807) is 0 Å². The molecule has 2 aliphatic rings. The number of piperidine rings is 1. The number of nitrogens with one attached hydrogen (secondary N) is 2. The third-order valence-corrected chi connectivity index (χ3v) is 5.08. The van der Waals surface area contributed by atoms with Crippen molar-refractivity contribution in [3.63, 3.8) is 0 Å². The second-order valence-electron chi connectivity index (χ2n) is 7.49. The van der Waals surface area contributed by atoms with Crippen molar-refractivity contribution in [2.75, 3.05) is 39.6 Å². The molecule has 11 nitrogen and oxygen atoms in total. The molecule has 0 radical (unpaired) electrons. The van der Waals surface area contributed by atoms with Gasteiger partial charge >= 0.3 is 0 Å². The summed E-state index contributed by atoms with van der Waals surface area (Å²) >= 11 is 0. The summed E-state index contributed by atoms with van der Waals surface area (Å²) in [6.45, 7) is 3.86. The highest BCUT2D eigenvalue weighted by Gasteiger charge is 2.46. The topological polar surface area (TPSA) is 140 Å². The molecule has 178 valence electrons. The number of fused-ring (bicyclic) bond motifs is 1. The Morgan fingerprint density at radius 2 is 1.85 bits per heavy atom. The normalized spacial score (nSPS) is 17.7. The Balaban J connectivity index is 1.52. The van der Waals surface area contributed by atoms with Crippen molar-refractivity contribution in [3.8, 4) is 5.75 Å². The highest BCUT2D eigenvalue weighted by molar-refractivity contribution is 6.24. The summed E-state index contributed by atoms with van der Waals surface area (Å²) in [5.74, 6) is -2.82. The van der Waals surface area contributed by atoms with Crippen molar-refractivity contribution < 1.29 is 38.2 Å². The van der Waals surface area contributed by atoms with E-state index in [0.717, 1.165) is 11.3 Å². The number of benzene rings is 1. The molecule has 0 aliphatic carbocycles. The highest BCUT2D eigenvalue weighted by Crippen LogP contribution is 2.33. The molecule has 2 N–H and O–H groups in total. The Kier molecular flexibility index (Phi) is 8.50. The van der Waals surface area contributed by atoms with Gasteiger partial charge in [0.25, 0.3) is 17.7 Å². The number of hydrogen-bond donors (Lipinski definition) is 2. The molecular formula is C22H27N3O8. The SMILES string of the molecule is CCCOCCOCCNC(=O)COc1cccc2c1C(=O)N(C1CCC(=O)NC1=O)C2=O. The molecule has 0 spiro atoms. The number of carbonyl (C=O) groups is 5. The zero-order chi connectivity index (χ0) is 23.8. The maximum Gasteiger partial charge on any atom is 0.266 e. The van der Waals surface area contributed by atoms with E-state index >= 15 is 0 Å². The lowest BCUT2D eigenvalue weighted by atomic mass is 10.0. The number of carbonyl (C=O) groups excluding carboxylic acids is 5. The molecule has 11 heteroatoms. The first-order chi connectivity index (χ1) is 15.9. The first kappa shape index (κ1) is 24.3. The zero-order valence-corrected chi connectivity index (χ0v) is 18.4. The minimum atomic E-state index is -1.07. The van der Waals surface area contributed by atoms with Crippen LogP contribution in [0.1, 0.15) is 46.9 Å². The summed E-state index contributed by atoms with van der Waals surface area (Å²) < 4.78 is 16.1. The van der Waals surface area contributed by atoms with Crippen LogP contribution in [0, 0.1) is 0 Å². The van der Waals surface area contributed by atoms with Gasteiger partial charge in [-0.3, -0.25) is 34.2 Å². The molecule has 1 unspecified atom stereocenters. The van der Waals surface area contributed by atoms with Crippen molar-refractivity contribution in [1.29, 1.82) is 0 Å². The van der Waals surface area contributed by atoms with Crippen LogP contribution in [0.2, 0.25) is 0 Å². The maximum atomic E-state index is 13.0. The number of hydrogen-bond acceptors (Lipinski definition) is 8. The summed E-state index contributed by atoms with van der Waals surface area (Å²) in [6.07, 6.45) is 1.03. The van der Waals surface area contributed by atoms with E-state index in [-0.39, 0.29) is 42.9 Å². The first-order valence-corrected chi connectivity index (χ1v) is 10.8. The molecular weight excluding hydrogens is 434 g/mol. The molecule has 3 rings (SSSR count). The van der Waals surface area contributed by atoms with Crippen LogP contribution >= 0.6 is 0 Å². The fourth-order valence-corrected chi connectivity index (χ4v) is 3.53. The monoisotopic (exact) mass is 461 g/mol. The Hall–Kier alpha value is -3.31. The molecule has 0 aromatic heterocycles. The predicted octanol–water partition coefficient (Wildman–Crippen LogP) is 0.0260. The van der Waals surface area contributed by atoms with Crippen LogP contribution in [-0.2, 0) is 23.9 Å². The van der Waals surface area contributed by atoms with Gasteiger partial charge in [-0.25, -0.2) is 0 Å². The van der Waals surface area contributed by atoms with Crippen LogP contribution in [0.15, 0.2) is 18.2 Å². The summed E-state index contributed by atoms with van der Waals surface area (Å²) in [7, 11) is 0. The quantitative estimate of drug-likeness (QED) is 0.328. The Morgan fingerprint density at radius 1 is 1.09 bits per heavy atom. The minimum absolute atomic E-state index is 0.00425. The van der Waals surface area contributed by atoms with Crippen molar-refractivity contribution in [2.24, 2.45) is 0 Å². The number of nitrogens with zero attached hydrogens (tertiary/aromatic N) is 1. The van der Waals surface area contributed by atoms with Crippen LogP contribution in [-0.4, -0.2) is 80.1 Å². The molecule has 2 aliphatic heterocycles. The molecule has 2 heterocycles. The second kappa shape index (κ2) is 11.5. The van der Waals surface area contributed by atoms with E-state index in [4.69, 9.17) is 14.2 Å². The van der Waals surface area contributed by atoms with Gasteiger partial charge in [0.2, 0.25) is 11.8 Å². The van der Waals surface area contributed by atoms with Gasteiger partial charge < -0.3 is 19.5 Å². The predicted molar refractivity (Wildman–Crippen MR) is 114 cm³/mol. The van der Waals surface area contributed by atoms with Crippen LogP contribution in [0.5, 0.6) is 5.75 Å². The van der Waals surface area contributed by atoms with Gasteiger partial charge in [-0.1, -0.05) is 13.0 Å². The van der Waals surface area contributed by atoms with Crippen molar-refractivity contribution >= 4 is 29.5 Å². The molecule has 0 bridgehead atoms. The summed E-state index contributed by atoms with van der Waals surface area (Å²) in [5.41, 5.74) is 0.0803. The number of imide groups is 2. The van der Waals surface area contributed by atoms with Crippen LogP contribution in [0.25, 0.3) is 0 Å². The summed E-state index contributed by atoms with van der Waals surface area (Å²) in [6, 6.07) is 3.39. The fourth-order valence-electron chi connectivity index (χ4n) is 3.53. The molecule has 5 amide bonds.